The van der Waals surface area contributed by atoms with Gasteiger partial charge in [0.15, 0.2) is 20.7 Å². The van der Waals surface area contributed by atoms with Crippen molar-refractivity contribution < 1.29 is 13.3 Å². The second-order valence-corrected chi connectivity index (χ2v) is 9.49. The maximum atomic E-state index is 11.8. The van der Waals surface area contributed by atoms with Crippen molar-refractivity contribution in [1.29, 1.82) is 0 Å². The molecule has 1 aliphatic rings. The Morgan fingerprint density at radius 1 is 1.46 bits per heavy atom. The van der Waals surface area contributed by atoms with E-state index in [1.54, 1.807) is 13.2 Å². The van der Waals surface area contributed by atoms with E-state index in [9.17, 15) is 18.5 Å². The smallest absolute Gasteiger partial charge is 0.305 e. The average Bonchev–Trinajstić information content (AvgIpc) is 3.08. The molecule has 0 bridgehead atoms. The summed E-state index contributed by atoms with van der Waals surface area (Å²) in [5.41, 5.74) is -0.172. The van der Waals surface area contributed by atoms with Gasteiger partial charge in [0.05, 0.1) is 4.92 Å². The van der Waals surface area contributed by atoms with Crippen molar-refractivity contribution in [2.24, 2.45) is 0 Å². The van der Waals surface area contributed by atoms with Gasteiger partial charge in [-0.15, -0.1) is 5.10 Å². The van der Waals surface area contributed by atoms with Gasteiger partial charge < -0.3 is 9.80 Å². The molecule has 2 aromatic heterocycles. The minimum atomic E-state index is -3.50. The molecule has 1 saturated heterocycles. The van der Waals surface area contributed by atoms with Crippen LogP contribution in [0.1, 0.15) is 12.8 Å². The van der Waals surface area contributed by atoms with Gasteiger partial charge in [0.25, 0.3) is 0 Å². The predicted molar refractivity (Wildman–Crippen MR) is 99.8 cm³/mol. The van der Waals surface area contributed by atoms with Crippen LogP contribution in [-0.2, 0) is 9.84 Å². The lowest BCUT2D eigenvalue weighted by atomic mass is 10.0. The third kappa shape index (κ3) is 3.78. The summed E-state index contributed by atoms with van der Waals surface area (Å²) in [6.45, 7) is 1.47. The molecule has 1 atom stereocenters. The first-order chi connectivity index (χ1) is 12.3. The lowest BCUT2D eigenvalue weighted by Gasteiger charge is -2.38. The van der Waals surface area contributed by atoms with Gasteiger partial charge in [0, 0.05) is 44.7 Å². The predicted octanol–water partition coefficient (Wildman–Crippen LogP) is 1.95. The summed E-state index contributed by atoms with van der Waals surface area (Å²) in [7, 11) is -1.72. The zero-order valence-corrected chi connectivity index (χ0v) is 16.0. The number of nitro groups is 1. The van der Waals surface area contributed by atoms with Crippen LogP contribution in [0.4, 0.5) is 16.5 Å². The summed E-state index contributed by atoms with van der Waals surface area (Å²) in [6, 6.07) is 4.85. The third-order valence-corrected chi connectivity index (χ3v) is 7.40. The Kier molecular flexibility index (Phi) is 5.10. The van der Waals surface area contributed by atoms with E-state index in [4.69, 9.17) is 0 Å². The fraction of sp³-hybridized carbons (Fsp3) is 0.467. The van der Waals surface area contributed by atoms with Gasteiger partial charge in [-0.1, -0.05) is 11.3 Å². The molecular weight excluding hydrogens is 378 g/mol. The van der Waals surface area contributed by atoms with Crippen molar-refractivity contribution in [3.05, 3.63) is 34.5 Å². The number of nitrogens with zero attached hydrogens (tertiary/aromatic N) is 5. The Morgan fingerprint density at radius 2 is 2.23 bits per heavy atom. The first-order valence-electron chi connectivity index (χ1n) is 8.01. The molecule has 9 nitrogen and oxygen atoms in total. The molecule has 1 fully saturated rings. The van der Waals surface area contributed by atoms with E-state index in [2.05, 4.69) is 15.1 Å². The molecular formula is C15H19N5O4S2. The van der Waals surface area contributed by atoms with Crippen molar-refractivity contribution in [3.8, 4) is 0 Å². The largest absolute Gasteiger partial charge is 0.356 e. The van der Waals surface area contributed by atoms with Crippen LogP contribution in [-0.4, -0.2) is 56.0 Å². The van der Waals surface area contributed by atoms with Crippen LogP contribution in [0.5, 0.6) is 0 Å². The lowest BCUT2D eigenvalue weighted by Crippen LogP contribution is -2.47. The Balaban J connectivity index is 1.88. The first kappa shape index (κ1) is 18.5. The van der Waals surface area contributed by atoms with Gasteiger partial charge in [-0.3, -0.25) is 10.1 Å². The van der Waals surface area contributed by atoms with Crippen LogP contribution in [0, 0.1) is 10.1 Å². The van der Waals surface area contributed by atoms with Crippen LogP contribution < -0.4 is 9.80 Å². The van der Waals surface area contributed by atoms with E-state index >= 15 is 0 Å². The molecule has 3 heterocycles. The van der Waals surface area contributed by atoms with Gasteiger partial charge in [0.2, 0.25) is 0 Å². The van der Waals surface area contributed by atoms with E-state index in [1.165, 1.54) is 0 Å². The third-order valence-electron chi connectivity index (χ3n) is 4.38. The molecule has 1 unspecified atom stereocenters. The average molecular weight is 397 g/mol. The first-order valence-corrected chi connectivity index (χ1v) is 10.7. The number of hydrogen-bond acceptors (Lipinski definition) is 9. The highest BCUT2D eigenvalue weighted by Crippen LogP contribution is 2.41. The molecule has 140 valence electrons. The number of anilines is 2. The summed E-state index contributed by atoms with van der Waals surface area (Å²) in [6.07, 6.45) is 4.43. The number of thiophene rings is 1. The number of aromatic nitrogens is 2. The van der Waals surface area contributed by atoms with E-state index in [1.807, 2.05) is 17.0 Å². The quantitative estimate of drug-likeness (QED) is 0.556. The highest BCUT2D eigenvalue weighted by atomic mass is 32.2. The van der Waals surface area contributed by atoms with Crippen molar-refractivity contribution in [2.75, 3.05) is 36.2 Å². The summed E-state index contributed by atoms with van der Waals surface area (Å²) in [4.78, 5) is 14.8. The van der Waals surface area contributed by atoms with Crippen molar-refractivity contribution >= 4 is 37.7 Å². The van der Waals surface area contributed by atoms with Crippen molar-refractivity contribution in [1.82, 2.24) is 10.2 Å². The second-order valence-electron chi connectivity index (χ2n) is 6.22. The van der Waals surface area contributed by atoms with Crippen LogP contribution in [0.15, 0.2) is 28.6 Å². The Hall–Kier alpha value is -2.27. The zero-order valence-electron chi connectivity index (χ0n) is 14.4. The molecule has 26 heavy (non-hydrogen) atoms. The summed E-state index contributed by atoms with van der Waals surface area (Å²) >= 11 is 0.943. The molecule has 0 spiro atoms. The highest BCUT2D eigenvalue weighted by Gasteiger charge is 2.31. The normalized spacial score (nSPS) is 17.9. The molecule has 3 rings (SSSR count). The number of sulfone groups is 1. The maximum absolute atomic E-state index is 11.8. The van der Waals surface area contributed by atoms with Gasteiger partial charge in [-0.25, -0.2) is 8.42 Å². The lowest BCUT2D eigenvalue weighted by molar-refractivity contribution is -0.383. The summed E-state index contributed by atoms with van der Waals surface area (Å²) < 4.78 is 23.6. The van der Waals surface area contributed by atoms with Crippen LogP contribution >= 0.6 is 11.3 Å². The number of hydrogen-bond donors (Lipinski definition) is 0. The zero-order chi connectivity index (χ0) is 18.9. The minimum Gasteiger partial charge on any atom is -0.356 e. The monoisotopic (exact) mass is 397 g/mol. The summed E-state index contributed by atoms with van der Waals surface area (Å²) in [5.74, 6) is 0.767. The van der Waals surface area contributed by atoms with Crippen molar-refractivity contribution in [2.45, 2.75) is 23.1 Å². The Labute approximate surface area is 155 Å². The van der Waals surface area contributed by atoms with Crippen LogP contribution in [0.3, 0.4) is 0 Å². The van der Waals surface area contributed by atoms with Crippen LogP contribution in [0.25, 0.3) is 0 Å². The van der Waals surface area contributed by atoms with Gasteiger partial charge >= 0.3 is 5.69 Å². The van der Waals surface area contributed by atoms with E-state index in [0.29, 0.717) is 11.5 Å². The Bertz CT molecular complexity index is 900. The van der Waals surface area contributed by atoms with E-state index in [-0.39, 0.29) is 15.9 Å². The molecule has 0 saturated carbocycles. The highest BCUT2D eigenvalue weighted by molar-refractivity contribution is 7.92. The van der Waals surface area contributed by atoms with Gasteiger partial charge in [-0.05, 0) is 25.0 Å². The molecule has 0 amide bonds. The second kappa shape index (κ2) is 7.16. The number of likely N-dealkylation sites (N-methyl/N-ethyl adjacent to an activating group) is 1. The topological polar surface area (TPSA) is 110 Å². The van der Waals surface area contributed by atoms with Gasteiger partial charge in [0.1, 0.15) is 4.21 Å². The molecule has 2 aromatic rings. The molecule has 0 aromatic carbocycles. The van der Waals surface area contributed by atoms with Gasteiger partial charge in [-0.2, -0.15) is 5.10 Å². The fourth-order valence-corrected chi connectivity index (χ4v) is 5.08. The molecule has 0 N–H and O–H groups in total. The standard InChI is InChI=1S/C15H19N5O4S2/c1-18(15-12(20(21)22)9-14(25-15)26(2,23)24)11-5-4-8-19(10-11)13-6-3-7-16-17-13/h3,6-7,9,11H,4-5,8,10H2,1-2H3. The minimum absolute atomic E-state index is 0.00708. The maximum Gasteiger partial charge on any atom is 0.305 e. The molecule has 0 aliphatic carbocycles. The Morgan fingerprint density at radius 3 is 2.85 bits per heavy atom. The number of rotatable bonds is 5. The molecule has 11 heteroatoms. The summed E-state index contributed by atoms with van der Waals surface area (Å²) in [5, 5.41) is 19.8. The van der Waals surface area contributed by atoms with E-state index in [0.717, 1.165) is 48.9 Å². The van der Waals surface area contributed by atoms with Crippen LogP contribution in [0.2, 0.25) is 0 Å². The number of piperidine rings is 1. The fourth-order valence-electron chi connectivity index (χ4n) is 3.02. The SMILES string of the molecule is CN(c1sc(S(C)(=O)=O)cc1[N+](=O)[O-])C1CCCN(c2cccnn2)C1. The van der Waals surface area contributed by atoms with E-state index < -0.39 is 14.8 Å². The molecule has 0 radical (unpaired) electrons. The molecule has 1 aliphatic heterocycles. The van der Waals surface area contributed by atoms with Crippen molar-refractivity contribution in [3.63, 3.8) is 0 Å².